The Kier molecular flexibility index (Phi) is 3.21. The number of halogens is 1. The quantitative estimate of drug-likeness (QED) is 0.648. The number of nitrogens with zero attached hydrogens (tertiary/aromatic N) is 2. The zero-order valence-corrected chi connectivity index (χ0v) is 10.1. The standard InChI is InChI=1S/C12H15FN2O3/c1-12(16)4-6-14(7-5-12)11-3-2-9(15(17)18)8-10(11)13/h2-3,8,16H,4-7H2,1H3. The van der Waals surface area contributed by atoms with Crippen LogP contribution in [-0.4, -0.2) is 28.7 Å². The van der Waals surface area contributed by atoms with Crippen molar-refractivity contribution < 1.29 is 14.4 Å². The third-order valence-electron chi connectivity index (χ3n) is 3.32. The van der Waals surface area contributed by atoms with Crippen molar-refractivity contribution in [3.8, 4) is 0 Å². The summed E-state index contributed by atoms with van der Waals surface area (Å²) < 4.78 is 13.8. The van der Waals surface area contributed by atoms with E-state index in [9.17, 15) is 19.6 Å². The van der Waals surface area contributed by atoms with Crippen molar-refractivity contribution in [3.63, 3.8) is 0 Å². The van der Waals surface area contributed by atoms with Crippen LogP contribution in [0.5, 0.6) is 0 Å². The average Bonchev–Trinajstić information content (AvgIpc) is 2.29. The number of aliphatic hydroxyl groups is 1. The Morgan fingerprint density at radius 2 is 2.06 bits per heavy atom. The fraction of sp³-hybridized carbons (Fsp3) is 0.500. The Morgan fingerprint density at radius 3 is 2.56 bits per heavy atom. The molecule has 1 saturated heterocycles. The van der Waals surface area contributed by atoms with Gasteiger partial charge in [0.25, 0.3) is 5.69 Å². The lowest BCUT2D eigenvalue weighted by atomic mass is 9.93. The molecule has 0 saturated carbocycles. The molecule has 1 aromatic carbocycles. The van der Waals surface area contributed by atoms with Gasteiger partial charge in [-0.25, -0.2) is 4.39 Å². The molecule has 1 heterocycles. The Hall–Kier alpha value is -1.69. The van der Waals surface area contributed by atoms with E-state index in [1.807, 2.05) is 0 Å². The molecule has 0 radical (unpaired) electrons. The summed E-state index contributed by atoms with van der Waals surface area (Å²) in [4.78, 5) is 11.7. The summed E-state index contributed by atoms with van der Waals surface area (Å²) in [6, 6.07) is 3.65. The van der Waals surface area contributed by atoms with Crippen LogP contribution < -0.4 is 4.90 Å². The molecular weight excluding hydrogens is 239 g/mol. The number of anilines is 1. The summed E-state index contributed by atoms with van der Waals surface area (Å²) in [6.45, 7) is 2.85. The van der Waals surface area contributed by atoms with Crippen molar-refractivity contribution in [1.29, 1.82) is 0 Å². The van der Waals surface area contributed by atoms with E-state index in [4.69, 9.17) is 0 Å². The normalized spacial score (nSPS) is 18.7. The molecule has 0 amide bonds. The van der Waals surface area contributed by atoms with Crippen LogP contribution in [0.25, 0.3) is 0 Å². The van der Waals surface area contributed by atoms with E-state index < -0.39 is 16.3 Å². The van der Waals surface area contributed by atoms with E-state index in [0.29, 0.717) is 31.6 Å². The third kappa shape index (κ3) is 2.59. The molecule has 0 aromatic heterocycles. The van der Waals surface area contributed by atoms with Gasteiger partial charge in [-0.2, -0.15) is 0 Å². The molecular formula is C12H15FN2O3. The van der Waals surface area contributed by atoms with Gasteiger partial charge in [-0.3, -0.25) is 10.1 Å². The number of nitro groups is 1. The number of benzene rings is 1. The maximum Gasteiger partial charge on any atom is 0.272 e. The zero-order chi connectivity index (χ0) is 13.3. The van der Waals surface area contributed by atoms with Crippen LogP contribution >= 0.6 is 0 Å². The maximum atomic E-state index is 13.8. The second-order valence-electron chi connectivity index (χ2n) is 4.88. The molecule has 0 bridgehead atoms. The van der Waals surface area contributed by atoms with Crippen molar-refractivity contribution >= 4 is 11.4 Å². The van der Waals surface area contributed by atoms with E-state index in [-0.39, 0.29) is 5.69 Å². The molecule has 98 valence electrons. The van der Waals surface area contributed by atoms with E-state index in [1.54, 1.807) is 11.8 Å². The highest BCUT2D eigenvalue weighted by Crippen LogP contribution is 2.29. The number of rotatable bonds is 2. The van der Waals surface area contributed by atoms with Gasteiger partial charge in [0.2, 0.25) is 0 Å². The summed E-state index contributed by atoms with van der Waals surface area (Å²) in [5.74, 6) is -0.592. The molecule has 5 nitrogen and oxygen atoms in total. The van der Waals surface area contributed by atoms with Crippen molar-refractivity contribution in [2.75, 3.05) is 18.0 Å². The minimum atomic E-state index is -0.701. The minimum Gasteiger partial charge on any atom is -0.390 e. The molecule has 2 rings (SSSR count). The van der Waals surface area contributed by atoms with Crippen LogP contribution in [0.3, 0.4) is 0 Å². The van der Waals surface area contributed by atoms with Gasteiger partial charge < -0.3 is 10.0 Å². The van der Waals surface area contributed by atoms with E-state index >= 15 is 0 Å². The Balaban J connectivity index is 2.17. The lowest BCUT2D eigenvalue weighted by molar-refractivity contribution is -0.385. The first kappa shape index (κ1) is 12.8. The zero-order valence-electron chi connectivity index (χ0n) is 10.1. The van der Waals surface area contributed by atoms with E-state index in [0.717, 1.165) is 6.07 Å². The van der Waals surface area contributed by atoms with Gasteiger partial charge in [-0.15, -0.1) is 0 Å². The monoisotopic (exact) mass is 254 g/mol. The summed E-state index contributed by atoms with van der Waals surface area (Å²) in [6.07, 6.45) is 1.12. The molecule has 0 spiro atoms. The Labute approximate surface area is 104 Å². The SMILES string of the molecule is CC1(O)CCN(c2ccc([N+](=O)[O-])cc2F)CC1. The molecule has 1 N–H and O–H groups in total. The van der Waals surface area contributed by atoms with Crippen LogP contribution in [0.2, 0.25) is 0 Å². The van der Waals surface area contributed by atoms with Crippen molar-refractivity contribution in [2.24, 2.45) is 0 Å². The number of non-ortho nitro benzene ring substituents is 1. The lowest BCUT2D eigenvalue weighted by Crippen LogP contribution is -2.42. The van der Waals surface area contributed by atoms with Crippen LogP contribution in [0.1, 0.15) is 19.8 Å². The van der Waals surface area contributed by atoms with Crippen molar-refractivity contribution in [3.05, 3.63) is 34.1 Å². The molecule has 1 aliphatic heterocycles. The van der Waals surface area contributed by atoms with Crippen molar-refractivity contribution in [1.82, 2.24) is 0 Å². The van der Waals surface area contributed by atoms with E-state index in [2.05, 4.69) is 0 Å². The molecule has 1 aromatic rings. The van der Waals surface area contributed by atoms with Gasteiger partial charge in [-0.05, 0) is 25.8 Å². The van der Waals surface area contributed by atoms with Gasteiger partial charge in [0.15, 0.2) is 5.82 Å². The first-order valence-corrected chi connectivity index (χ1v) is 5.80. The van der Waals surface area contributed by atoms with Crippen LogP contribution in [0, 0.1) is 15.9 Å². The summed E-state index contributed by atoms with van der Waals surface area (Å²) in [5.41, 5.74) is -0.593. The highest BCUT2D eigenvalue weighted by atomic mass is 19.1. The summed E-state index contributed by atoms with van der Waals surface area (Å²) >= 11 is 0. The number of hydrogen-bond donors (Lipinski definition) is 1. The number of hydrogen-bond acceptors (Lipinski definition) is 4. The first-order chi connectivity index (χ1) is 8.39. The van der Waals surface area contributed by atoms with E-state index in [1.165, 1.54) is 12.1 Å². The third-order valence-corrected chi connectivity index (χ3v) is 3.32. The molecule has 0 aliphatic carbocycles. The summed E-state index contributed by atoms with van der Waals surface area (Å²) in [7, 11) is 0. The van der Waals surface area contributed by atoms with Gasteiger partial charge >= 0.3 is 0 Å². The van der Waals surface area contributed by atoms with Crippen molar-refractivity contribution in [2.45, 2.75) is 25.4 Å². The largest absolute Gasteiger partial charge is 0.390 e. The second-order valence-corrected chi connectivity index (χ2v) is 4.88. The highest BCUT2D eigenvalue weighted by Gasteiger charge is 2.28. The van der Waals surface area contributed by atoms with Gasteiger partial charge in [0, 0.05) is 19.2 Å². The average molecular weight is 254 g/mol. The fourth-order valence-electron chi connectivity index (χ4n) is 2.10. The molecule has 0 atom stereocenters. The molecule has 0 unspecified atom stereocenters. The van der Waals surface area contributed by atoms with Gasteiger partial charge in [-0.1, -0.05) is 0 Å². The predicted molar refractivity (Wildman–Crippen MR) is 65.1 cm³/mol. The summed E-state index contributed by atoms with van der Waals surface area (Å²) in [5, 5.41) is 20.3. The topological polar surface area (TPSA) is 66.6 Å². The van der Waals surface area contributed by atoms with Crippen LogP contribution in [0.15, 0.2) is 18.2 Å². The number of nitro benzene ring substituents is 1. The molecule has 1 aliphatic rings. The molecule has 1 fully saturated rings. The minimum absolute atomic E-state index is 0.250. The Bertz CT molecular complexity index is 466. The number of piperidine rings is 1. The highest BCUT2D eigenvalue weighted by molar-refractivity contribution is 5.52. The maximum absolute atomic E-state index is 13.8. The Morgan fingerprint density at radius 1 is 1.44 bits per heavy atom. The molecule has 18 heavy (non-hydrogen) atoms. The fourth-order valence-corrected chi connectivity index (χ4v) is 2.10. The lowest BCUT2D eigenvalue weighted by Gasteiger charge is -2.37. The second kappa shape index (κ2) is 4.53. The van der Waals surface area contributed by atoms with Crippen LogP contribution in [0.4, 0.5) is 15.8 Å². The van der Waals surface area contributed by atoms with Gasteiger partial charge in [0.05, 0.1) is 22.3 Å². The molecule has 6 heteroatoms. The predicted octanol–water partition coefficient (Wildman–Crippen LogP) is 2.09. The van der Waals surface area contributed by atoms with Gasteiger partial charge in [0.1, 0.15) is 0 Å². The van der Waals surface area contributed by atoms with Crippen LogP contribution in [-0.2, 0) is 0 Å². The first-order valence-electron chi connectivity index (χ1n) is 5.80. The smallest absolute Gasteiger partial charge is 0.272 e.